The number of anilines is 1. The molecule has 0 radical (unpaired) electrons. The standard InChI is InChI=1S/C24H33N3O3/c1-16(2)17-7-9-18(10-8-17)26-13-11-19(12-14-26)27-22-6-4-3-5-20(22)21(24(27)29)15-23(28)25-30/h3-6,18-19,21,30H,7-15H2,1-2H3,(H,25,28). The van der Waals surface area contributed by atoms with Crippen LogP contribution >= 0.6 is 0 Å². The molecule has 162 valence electrons. The van der Waals surface area contributed by atoms with Crippen molar-refractivity contribution >= 4 is 17.5 Å². The molecular formula is C24H33N3O3. The average Bonchev–Trinajstić information content (AvgIpc) is 3.05. The number of likely N-dealkylation sites (tertiary alicyclic amines) is 1. The molecule has 1 saturated carbocycles. The number of rotatable bonds is 4. The Morgan fingerprint density at radius 1 is 1.07 bits per heavy atom. The number of carbonyl (C=O) groups is 2. The molecule has 0 spiro atoms. The second-order valence-corrected chi connectivity index (χ2v) is 9.16. The Balaban J connectivity index is 1.42. The molecule has 6 nitrogen and oxygen atoms in total. The fraction of sp³-hybridized carbons (Fsp3) is 0.583. The lowest BCUT2D eigenvalue weighted by Crippen LogP contribution is -2.50. The van der Waals surface area contributed by atoms with Gasteiger partial charge >= 0.3 is 0 Å². The maximum Gasteiger partial charge on any atom is 0.244 e. The van der Waals surface area contributed by atoms with Crippen LogP contribution in [-0.4, -0.2) is 47.1 Å². The van der Waals surface area contributed by atoms with E-state index in [0.717, 1.165) is 37.2 Å². The van der Waals surface area contributed by atoms with Gasteiger partial charge in [-0.1, -0.05) is 29.3 Å². The second kappa shape index (κ2) is 8.90. The molecular weight excluding hydrogens is 378 g/mol. The van der Waals surface area contributed by atoms with Crippen molar-refractivity contribution < 1.29 is 14.8 Å². The van der Waals surface area contributed by atoms with Gasteiger partial charge in [0.1, 0.15) is 0 Å². The summed E-state index contributed by atoms with van der Waals surface area (Å²) in [6.07, 6.45) is 6.84. The van der Waals surface area contributed by atoms with Gasteiger partial charge in [-0.05, 0) is 64.0 Å². The summed E-state index contributed by atoms with van der Waals surface area (Å²) in [6, 6.07) is 8.61. The third kappa shape index (κ3) is 4.03. The van der Waals surface area contributed by atoms with E-state index in [1.54, 1.807) is 11.1 Å². The zero-order chi connectivity index (χ0) is 21.3. The Morgan fingerprint density at radius 3 is 2.37 bits per heavy atom. The molecule has 1 unspecified atom stereocenters. The molecule has 1 atom stereocenters. The second-order valence-electron chi connectivity index (χ2n) is 9.16. The first-order valence-corrected chi connectivity index (χ1v) is 11.2. The van der Waals surface area contributed by atoms with E-state index in [4.69, 9.17) is 5.21 Å². The van der Waals surface area contributed by atoms with E-state index in [2.05, 4.69) is 18.7 Å². The van der Waals surface area contributed by atoms with Crippen LogP contribution in [0.4, 0.5) is 5.69 Å². The highest BCUT2D eigenvalue weighted by Gasteiger charge is 2.42. The Bertz CT molecular complexity index is 828. The fourth-order valence-electron chi connectivity index (χ4n) is 5.55. The van der Waals surface area contributed by atoms with E-state index in [0.29, 0.717) is 6.04 Å². The van der Waals surface area contributed by atoms with Gasteiger partial charge in [-0.25, -0.2) is 5.48 Å². The van der Waals surface area contributed by atoms with Crippen molar-refractivity contribution in [3.8, 4) is 0 Å². The molecule has 2 amide bonds. The number of para-hydroxylation sites is 1. The fourth-order valence-corrected chi connectivity index (χ4v) is 5.55. The molecule has 0 aromatic heterocycles. The minimum Gasteiger partial charge on any atom is -0.308 e. The number of fused-ring (bicyclic) bond motifs is 1. The van der Waals surface area contributed by atoms with Crippen molar-refractivity contribution in [3.63, 3.8) is 0 Å². The number of hydrogen-bond donors (Lipinski definition) is 2. The van der Waals surface area contributed by atoms with Crippen molar-refractivity contribution in [1.82, 2.24) is 10.4 Å². The smallest absolute Gasteiger partial charge is 0.244 e. The van der Waals surface area contributed by atoms with E-state index in [9.17, 15) is 9.59 Å². The lowest BCUT2D eigenvalue weighted by atomic mass is 9.86. The normalized spacial score (nSPS) is 25.4. The number of nitrogens with zero attached hydrogens (tertiary/aromatic N) is 2. The number of carbonyl (C=O) groups excluding carboxylic acids is 2. The number of nitrogens with one attached hydrogen (secondary N) is 1. The Morgan fingerprint density at radius 2 is 1.73 bits per heavy atom. The van der Waals surface area contributed by atoms with Crippen LogP contribution in [0.2, 0.25) is 0 Å². The van der Waals surface area contributed by atoms with Crippen LogP contribution in [-0.2, 0) is 9.59 Å². The lowest BCUT2D eigenvalue weighted by Gasteiger charge is -2.42. The minimum atomic E-state index is -0.521. The monoisotopic (exact) mass is 411 g/mol. The molecule has 30 heavy (non-hydrogen) atoms. The van der Waals surface area contributed by atoms with E-state index in [1.807, 2.05) is 29.2 Å². The van der Waals surface area contributed by atoms with E-state index in [1.165, 1.54) is 31.3 Å². The van der Waals surface area contributed by atoms with Crippen LogP contribution in [0.1, 0.15) is 70.3 Å². The topological polar surface area (TPSA) is 72.9 Å². The molecule has 2 N–H and O–H groups in total. The maximum atomic E-state index is 13.2. The van der Waals surface area contributed by atoms with Gasteiger partial charge in [0, 0.05) is 37.3 Å². The quantitative estimate of drug-likeness (QED) is 0.450. The van der Waals surface area contributed by atoms with Gasteiger partial charge in [0.15, 0.2) is 0 Å². The van der Waals surface area contributed by atoms with Gasteiger partial charge < -0.3 is 9.80 Å². The average molecular weight is 412 g/mol. The van der Waals surface area contributed by atoms with Crippen LogP contribution in [0.5, 0.6) is 0 Å². The molecule has 1 saturated heterocycles. The van der Waals surface area contributed by atoms with Crippen molar-refractivity contribution in [2.75, 3.05) is 18.0 Å². The summed E-state index contributed by atoms with van der Waals surface area (Å²) in [4.78, 5) is 29.6. The zero-order valence-corrected chi connectivity index (χ0v) is 18.1. The summed E-state index contributed by atoms with van der Waals surface area (Å²) < 4.78 is 0. The molecule has 3 aliphatic rings. The minimum absolute atomic E-state index is 0.0101. The highest BCUT2D eigenvalue weighted by molar-refractivity contribution is 6.07. The molecule has 6 heteroatoms. The van der Waals surface area contributed by atoms with Crippen LogP contribution in [0.3, 0.4) is 0 Å². The zero-order valence-electron chi connectivity index (χ0n) is 18.1. The van der Waals surface area contributed by atoms with Crippen LogP contribution in [0, 0.1) is 0 Å². The van der Waals surface area contributed by atoms with E-state index < -0.39 is 11.8 Å². The molecule has 2 aliphatic heterocycles. The number of allylic oxidation sites excluding steroid dienone is 2. The van der Waals surface area contributed by atoms with E-state index in [-0.39, 0.29) is 18.4 Å². The van der Waals surface area contributed by atoms with Gasteiger partial charge in [-0.2, -0.15) is 0 Å². The summed E-state index contributed by atoms with van der Waals surface area (Å²) in [7, 11) is 0. The molecule has 1 aliphatic carbocycles. The summed E-state index contributed by atoms with van der Waals surface area (Å²) in [5.41, 5.74) is 6.63. The molecule has 1 aromatic carbocycles. The van der Waals surface area contributed by atoms with Crippen molar-refractivity contribution in [2.45, 2.75) is 76.8 Å². The van der Waals surface area contributed by atoms with Gasteiger partial charge in [0.05, 0.1) is 5.92 Å². The number of hydroxylamine groups is 1. The molecule has 1 aromatic rings. The first-order valence-electron chi connectivity index (χ1n) is 11.2. The Hall–Kier alpha value is -2.18. The van der Waals surface area contributed by atoms with Crippen molar-refractivity contribution in [1.29, 1.82) is 0 Å². The van der Waals surface area contributed by atoms with Crippen LogP contribution in [0.15, 0.2) is 35.4 Å². The van der Waals surface area contributed by atoms with Gasteiger partial charge in [-0.15, -0.1) is 0 Å². The number of amides is 2. The van der Waals surface area contributed by atoms with E-state index >= 15 is 0 Å². The van der Waals surface area contributed by atoms with Crippen LogP contribution < -0.4 is 10.4 Å². The lowest BCUT2D eigenvalue weighted by molar-refractivity contribution is -0.132. The summed E-state index contributed by atoms with van der Waals surface area (Å²) in [5, 5.41) is 8.91. The molecule has 2 fully saturated rings. The summed E-state index contributed by atoms with van der Waals surface area (Å²) in [5.74, 6) is -1.04. The predicted octanol–water partition coefficient (Wildman–Crippen LogP) is 3.76. The Kier molecular flexibility index (Phi) is 6.25. The molecule has 4 rings (SSSR count). The molecule has 2 heterocycles. The first kappa shape index (κ1) is 21.1. The van der Waals surface area contributed by atoms with Gasteiger partial charge in [-0.3, -0.25) is 14.8 Å². The van der Waals surface area contributed by atoms with Crippen molar-refractivity contribution in [3.05, 3.63) is 41.0 Å². The Labute approximate surface area is 178 Å². The number of benzene rings is 1. The highest BCUT2D eigenvalue weighted by Crippen LogP contribution is 2.42. The van der Waals surface area contributed by atoms with Crippen molar-refractivity contribution in [2.24, 2.45) is 0 Å². The highest BCUT2D eigenvalue weighted by atomic mass is 16.5. The van der Waals surface area contributed by atoms with Gasteiger partial charge in [0.25, 0.3) is 0 Å². The largest absolute Gasteiger partial charge is 0.308 e. The first-order chi connectivity index (χ1) is 14.5. The molecule has 0 bridgehead atoms. The summed E-state index contributed by atoms with van der Waals surface area (Å²) in [6.45, 7) is 6.49. The van der Waals surface area contributed by atoms with Crippen LogP contribution in [0.25, 0.3) is 0 Å². The predicted molar refractivity (Wildman–Crippen MR) is 116 cm³/mol. The third-order valence-corrected chi connectivity index (χ3v) is 7.27. The maximum absolute atomic E-state index is 13.2. The number of piperidine rings is 1. The van der Waals surface area contributed by atoms with Gasteiger partial charge in [0.2, 0.25) is 11.8 Å². The SMILES string of the molecule is CC(C)=C1CCC(N2CCC(N3C(=O)C(CC(=O)NO)c4ccccc43)CC2)CC1. The number of hydrogen-bond acceptors (Lipinski definition) is 4. The third-order valence-electron chi connectivity index (χ3n) is 7.27. The summed E-state index contributed by atoms with van der Waals surface area (Å²) >= 11 is 0.